The molecule has 0 fully saturated rings. The van der Waals surface area contributed by atoms with Crippen molar-refractivity contribution < 1.29 is 9.72 Å². The third-order valence-corrected chi connectivity index (χ3v) is 7.49. The highest BCUT2D eigenvalue weighted by Gasteiger charge is 2.60. The van der Waals surface area contributed by atoms with Crippen molar-refractivity contribution in [2.24, 2.45) is 10.5 Å². The fraction of sp³-hybridized carbons (Fsp3) is 0.125. The molecule has 0 N–H and O–H groups in total. The van der Waals surface area contributed by atoms with Gasteiger partial charge in [-0.2, -0.15) is 10.1 Å². The molecule has 4 aromatic rings. The smallest absolute Gasteiger partial charge is 0.264 e. The first-order valence-corrected chi connectivity index (χ1v) is 12.6. The van der Waals surface area contributed by atoms with Crippen LogP contribution in [0.1, 0.15) is 29.0 Å². The molecule has 4 aromatic carbocycles. The summed E-state index contributed by atoms with van der Waals surface area (Å²) in [5, 5.41) is 18.9. The third-order valence-electron chi connectivity index (χ3n) is 7.49. The van der Waals surface area contributed by atoms with E-state index in [2.05, 4.69) is 0 Å². The van der Waals surface area contributed by atoms with Crippen LogP contribution in [0.5, 0.6) is 0 Å². The minimum atomic E-state index is -1.33. The molecule has 6 rings (SSSR count). The van der Waals surface area contributed by atoms with Crippen LogP contribution in [0.3, 0.4) is 0 Å². The molecule has 0 aromatic heterocycles. The lowest BCUT2D eigenvalue weighted by Crippen LogP contribution is -2.49. The third kappa shape index (κ3) is 3.82. The standard InChI is InChI=1S/C32H25N3O3/c36-31-32(30(25-17-9-3-10-18-25)33-34(31)26-19-11-4-12-20-26)22-29(35(37)38)27(23-13-5-1-6-14-23)21-28(32)24-15-7-2-8-16-24/h1-21,27,29H,22H2/t27-,29+,32-/m1/s1. The molecule has 0 unspecified atom stereocenters. The zero-order valence-corrected chi connectivity index (χ0v) is 20.6. The quantitative estimate of drug-likeness (QED) is 0.237. The molecule has 1 aliphatic heterocycles. The number of rotatable bonds is 5. The molecule has 1 heterocycles. The molecule has 186 valence electrons. The van der Waals surface area contributed by atoms with Crippen LogP contribution in [0.15, 0.2) is 133 Å². The maximum Gasteiger partial charge on any atom is 0.264 e. The first-order chi connectivity index (χ1) is 18.6. The van der Waals surface area contributed by atoms with E-state index in [1.54, 1.807) is 0 Å². The summed E-state index contributed by atoms with van der Waals surface area (Å²) in [4.78, 5) is 27.0. The zero-order chi connectivity index (χ0) is 26.1. The monoisotopic (exact) mass is 499 g/mol. The molecule has 38 heavy (non-hydrogen) atoms. The van der Waals surface area contributed by atoms with E-state index in [9.17, 15) is 14.9 Å². The van der Waals surface area contributed by atoms with Crippen molar-refractivity contribution in [2.75, 3.05) is 5.01 Å². The van der Waals surface area contributed by atoms with Crippen LogP contribution in [0.4, 0.5) is 5.69 Å². The van der Waals surface area contributed by atoms with Gasteiger partial charge in [0, 0.05) is 11.3 Å². The largest absolute Gasteiger partial charge is 0.271 e. The Labute approximate surface area is 220 Å². The molecule has 2 aliphatic rings. The first kappa shape index (κ1) is 23.6. The number of benzene rings is 4. The average molecular weight is 500 g/mol. The number of para-hydroxylation sites is 1. The van der Waals surface area contributed by atoms with Gasteiger partial charge in [-0.3, -0.25) is 14.9 Å². The molecular weight excluding hydrogens is 474 g/mol. The average Bonchev–Trinajstić information content (AvgIpc) is 3.26. The van der Waals surface area contributed by atoms with Gasteiger partial charge in [-0.15, -0.1) is 0 Å². The lowest BCUT2D eigenvalue weighted by atomic mass is 9.61. The number of amides is 1. The van der Waals surface area contributed by atoms with Crippen LogP contribution in [0.2, 0.25) is 0 Å². The predicted octanol–water partition coefficient (Wildman–Crippen LogP) is 6.34. The van der Waals surface area contributed by atoms with E-state index in [0.717, 1.165) is 22.3 Å². The van der Waals surface area contributed by atoms with E-state index in [0.29, 0.717) is 11.4 Å². The molecule has 0 saturated heterocycles. The van der Waals surface area contributed by atoms with Crippen molar-refractivity contribution in [3.05, 3.63) is 154 Å². The van der Waals surface area contributed by atoms with Crippen molar-refractivity contribution in [3.63, 3.8) is 0 Å². The summed E-state index contributed by atoms with van der Waals surface area (Å²) in [7, 11) is 0. The summed E-state index contributed by atoms with van der Waals surface area (Å²) in [5.41, 5.74) is 3.03. The second-order valence-corrected chi connectivity index (χ2v) is 9.61. The highest BCUT2D eigenvalue weighted by atomic mass is 16.6. The van der Waals surface area contributed by atoms with Crippen molar-refractivity contribution in [3.8, 4) is 0 Å². The molecule has 0 bridgehead atoms. The molecular formula is C32H25N3O3. The van der Waals surface area contributed by atoms with E-state index >= 15 is 0 Å². The van der Waals surface area contributed by atoms with Crippen LogP contribution < -0.4 is 5.01 Å². The number of carbonyl (C=O) groups is 1. The minimum Gasteiger partial charge on any atom is -0.271 e. The summed E-state index contributed by atoms with van der Waals surface area (Å²) in [6, 6.07) is 37.0. The highest BCUT2D eigenvalue weighted by molar-refractivity contribution is 6.31. The van der Waals surface area contributed by atoms with Gasteiger partial charge in [-0.25, -0.2) is 0 Å². The number of anilines is 1. The summed E-state index contributed by atoms with van der Waals surface area (Å²) < 4.78 is 0. The van der Waals surface area contributed by atoms with Gasteiger partial charge in [0.25, 0.3) is 5.91 Å². The molecule has 6 nitrogen and oxygen atoms in total. The van der Waals surface area contributed by atoms with Gasteiger partial charge < -0.3 is 0 Å². The molecule has 0 saturated carbocycles. The Morgan fingerprint density at radius 3 is 1.87 bits per heavy atom. The van der Waals surface area contributed by atoms with E-state index in [1.807, 2.05) is 127 Å². The number of carbonyl (C=O) groups excluding carboxylic acids is 1. The molecule has 6 heteroatoms. The van der Waals surface area contributed by atoms with E-state index in [4.69, 9.17) is 5.10 Å². The Balaban J connectivity index is 1.64. The topological polar surface area (TPSA) is 75.8 Å². The Hall–Kier alpha value is -4.84. The minimum absolute atomic E-state index is 0.00379. The second kappa shape index (κ2) is 9.56. The summed E-state index contributed by atoms with van der Waals surface area (Å²) in [6.07, 6.45) is 1.93. The van der Waals surface area contributed by atoms with E-state index < -0.39 is 17.4 Å². The zero-order valence-electron chi connectivity index (χ0n) is 20.6. The Kier molecular flexibility index (Phi) is 5.92. The van der Waals surface area contributed by atoms with Gasteiger partial charge in [-0.1, -0.05) is 115 Å². The number of nitro groups is 1. The second-order valence-electron chi connectivity index (χ2n) is 9.61. The summed E-state index contributed by atoms with van der Waals surface area (Å²) in [5.74, 6) is -0.779. The summed E-state index contributed by atoms with van der Waals surface area (Å²) >= 11 is 0. The highest BCUT2D eigenvalue weighted by Crippen LogP contribution is 2.54. The molecule has 1 spiro atoms. The number of hydrazone groups is 1. The summed E-state index contributed by atoms with van der Waals surface area (Å²) in [6.45, 7) is 0. The van der Waals surface area contributed by atoms with Gasteiger partial charge in [-0.05, 0) is 34.4 Å². The van der Waals surface area contributed by atoms with Crippen LogP contribution in [0, 0.1) is 15.5 Å². The Morgan fingerprint density at radius 2 is 1.29 bits per heavy atom. The fourth-order valence-electron chi connectivity index (χ4n) is 5.73. The van der Waals surface area contributed by atoms with Crippen molar-refractivity contribution in [2.45, 2.75) is 18.4 Å². The van der Waals surface area contributed by atoms with Gasteiger partial charge >= 0.3 is 0 Å². The predicted molar refractivity (Wildman–Crippen MR) is 148 cm³/mol. The van der Waals surface area contributed by atoms with Crippen molar-refractivity contribution >= 4 is 22.9 Å². The van der Waals surface area contributed by atoms with Crippen LogP contribution >= 0.6 is 0 Å². The molecule has 1 aliphatic carbocycles. The Morgan fingerprint density at radius 1 is 0.763 bits per heavy atom. The first-order valence-electron chi connectivity index (χ1n) is 12.6. The Bertz CT molecular complexity index is 1540. The number of hydrogen-bond acceptors (Lipinski definition) is 4. The van der Waals surface area contributed by atoms with Crippen molar-refractivity contribution in [1.82, 2.24) is 0 Å². The molecule has 3 atom stereocenters. The van der Waals surface area contributed by atoms with Crippen LogP contribution in [-0.4, -0.2) is 22.6 Å². The van der Waals surface area contributed by atoms with Gasteiger partial charge in [0.15, 0.2) is 0 Å². The van der Waals surface area contributed by atoms with Crippen LogP contribution in [0.25, 0.3) is 5.57 Å². The maximum absolute atomic E-state index is 14.6. The van der Waals surface area contributed by atoms with Gasteiger partial charge in [0.2, 0.25) is 6.04 Å². The SMILES string of the molecule is O=C1N(c2ccccc2)N=C(c2ccccc2)[C@]12C[C@H]([N+](=O)[O-])[C@@H](c1ccccc1)C=C2c1ccccc1. The molecule has 0 radical (unpaired) electrons. The number of nitrogens with zero attached hydrogens (tertiary/aromatic N) is 3. The normalized spacial score (nSPS) is 22.7. The lowest BCUT2D eigenvalue weighted by Gasteiger charge is -2.39. The van der Waals surface area contributed by atoms with Gasteiger partial charge in [0.1, 0.15) is 5.41 Å². The molecule has 1 amide bonds. The van der Waals surface area contributed by atoms with Gasteiger partial charge in [0.05, 0.1) is 17.3 Å². The van der Waals surface area contributed by atoms with Crippen LogP contribution in [-0.2, 0) is 4.79 Å². The van der Waals surface area contributed by atoms with E-state index in [-0.39, 0.29) is 17.3 Å². The van der Waals surface area contributed by atoms with E-state index in [1.165, 1.54) is 5.01 Å². The van der Waals surface area contributed by atoms with Crippen molar-refractivity contribution in [1.29, 1.82) is 0 Å². The number of hydrogen-bond donors (Lipinski definition) is 0. The fourth-order valence-corrected chi connectivity index (χ4v) is 5.73. The maximum atomic E-state index is 14.6. The lowest BCUT2D eigenvalue weighted by molar-refractivity contribution is -0.527.